The van der Waals surface area contributed by atoms with Crippen molar-refractivity contribution >= 4 is 11.8 Å². The van der Waals surface area contributed by atoms with Crippen LogP contribution in [0, 0.1) is 5.82 Å². The summed E-state index contributed by atoms with van der Waals surface area (Å²) in [5.74, 6) is -1.48. The van der Waals surface area contributed by atoms with Gasteiger partial charge in [0.15, 0.2) is 0 Å². The molecule has 160 valence electrons. The fraction of sp³-hybridized carbons (Fsp3) is 0.200. The van der Waals surface area contributed by atoms with Crippen LogP contribution in [0.4, 0.5) is 4.39 Å². The first-order valence-electron chi connectivity index (χ1n) is 10.1. The molecule has 0 saturated heterocycles. The van der Waals surface area contributed by atoms with E-state index in [0.29, 0.717) is 11.5 Å². The SMILES string of the molecule is NC(=O)CN(Cc1cc(C2CC2)ccc1F)C(=O)c1ccccc1O.c1ccccc1. The van der Waals surface area contributed by atoms with Crippen molar-refractivity contribution in [2.75, 3.05) is 6.54 Å². The summed E-state index contributed by atoms with van der Waals surface area (Å²) in [6.07, 6.45) is 2.15. The number of benzene rings is 3. The Balaban J connectivity index is 0.000000391. The molecule has 3 N–H and O–H groups in total. The fourth-order valence-electron chi connectivity index (χ4n) is 3.19. The number of nitrogens with zero attached hydrogens (tertiary/aromatic N) is 1. The molecule has 6 heteroatoms. The number of phenols is 1. The minimum absolute atomic E-state index is 0.0440. The monoisotopic (exact) mass is 420 g/mol. The molecule has 5 nitrogen and oxygen atoms in total. The summed E-state index contributed by atoms with van der Waals surface area (Å²) in [5.41, 5.74) is 6.64. The Morgan fingerprint density at radius 3 is 2.13 bits per heavy atom. The van der Waals surface area contributed by atoms with Gasteiger partial charge in [0.2, 0.25) is 5.91 Å². The van der Waals surface area contributed by atoms with Crippen molar-refractivity contribution in [3.63, 3.8) is 0 Å². The Morgan fingerprint density at radius 2 is 1.58 bits per heavy atom. The molecule has 1 aliphatic carbocycles. The highest BCUT2D eigenvalue weighted by Crippen LogP contribution is 2.40. The maximum atomic E-state index is 14.2. The summed E-state index contributed by atoms with van der Waals surface area (Å²) in [6.45, 7) is -0.456. The lowest BCUT2D eigenvalue weighted by Crippen LogP contribution is -2.38. The number of rotatable bonds is 6. The molecule has 3 aromatic rings. The number of hydrogen-bond acceptors (Lipinski definition) is 3. The van der Waals surface area contributed by atoms with Gasteiger partial charge in [0.05, 0.1) is 12.1 Å². The first kappa shape index (κ1) is 22.0. The number of aromatic hydroxyl groups is 1. The number of carbonyl (C=O) groups excluding carboxylic acids is 2. The van der Waals surface area contributed by atoms with Crippen molar-refractivity contribution in [3.05, 3.63) is 101 Å². The van der Waals surface area contributed by atoms with E-state index < -0.39 is 17.6 Å². The zero-order valence-corrected chi connectivity index (χ0v) is 17.1. The molecule has 1 saturated carbocycles. The lowest BCUT2D eigenvalue weighted by atomic mass is 10.1. The van der Waals surface area contributed by atoms with Crippen LogP contribution in [0.15, 0.2) is 78.9 Å². The summed E-state index contributed by atoms with van der Waals surface area (Å²) >= 11 is 0. The Labute approximate surface area is 180 Å². The Hall–Kier alpha value is -3.67. The van der Waals surface area contributed by atoms with Crippen LogP contribution in [0.25, 0.3) is 0 Å². The van der Waals surface area contributed by atoms with Crippen molar-refractivity contribution in [1.29, 1.82) is 0 Å². The molecule has 1 fully saturated rings. The fourth-order valence-corrected chi connectivity index (χ4v) is 3.19. The van der Waals surface area contributed by atoms with Crippen LogP contribution in [0.2, 0.25) is 0 Å². The van der Waals surface area contributed by atoms with Gasteiger partial charge >= 0.3 is 0 Å². The zero-order valence-electron chi connectivity index (χ0n) is 17.1. The molecule has 1 aliphatic rings. The molecular formula is C25H25FN2O3. The van der Waals surface area contributed by atoms with E-state index in [-0.39, 0.29) is 24.4 Å². The van der Waals surface area contributed by atoms with E-state index in [0.717, 1.165) is 23.3 Å². The van der Waals surface area contributed by atoms with E-state index in [1.165, 1.54) is 18.2 Å². The van der Waals surface area contributed by atoms with Gasteiger partial charge in [-0.25, -0.2) is 4.39 Å². The van der Waals surface area contributed by atoms with Gasteiger partial charge in [-0.1, -0.05) is 60.7 Å². The van der Waals surface area contributed by atoms with Crippen molar-refractivity contribution in [2.24, 2.45) is 5.73 Å². The minimum atomic E-state index is -0.706. The van der Waals surface area contributed by atoms with Gasteiger partial charge in [-0.3, -0.25) is 9.59 Å². The number of carbonyl (C=O) groups is 2. The highest BCUT2D eigenvalue weighted by molar-refractivity contribution is 5.98. The third-order valence-electron chi connectivity index (χ3n) is 4.91. The lowest BCUT2D eigenvalue weighted by molar-refractivity contribution is -0.118. The van der Waals surface area contributed by atoms with Gasteiger partial charge in [-0.05, 0) is 42.5 Å². The molecule has 0 radical (unpaired) electrons. The summed E-state index contributed by atoms with van der Waals surface area (Å²) in [7, 11) is 0. The number of hydrogen-bond donors (Lipinski definition) is 2. The Morgan fingerprint density at radius 1 is 0.968 bits per heavy atom. The average Bonchev–Trinajstić information content (AvgIpc) is 3.61. The van der Waals surface area contributed by atoms with E-state index >= 15 is 0 Å². The molecule has 2 amide bonds. The van der Waals surface area contributed by atoms with Crippen LogP contribution >= 0.6 is 0 Å². The van der Waals surface area contributed by atoms with Crippen LogP contribution in [-0.2, 0) is 11.3 Å². The maximum absolute atomic E-state index is 14.2. The van der Waals surface area contributed by atoms with Crippen LogP contribution in [0.1, 0.15) is 40.2 Å². The second kappa shape index (κ2) is 10.4. The van der Waals surface area contributed by atoms with E-state index in [1.54, 1.807) is 24.3 Å². The summed E-state index contributed by atoms with van der Waals surface area (Å²) in [4.78, 5) is 25.2. The van der Waals surface area contributed by atoms with Gasteiger partial charge in [0, 0.05) is 12.1 Å². The molecule has 4 rings (SSSR count). The molecule has 0 atom stereocenters. The first-order chi connectivity index (χ1) is 15.0. The third kappa shape index (κ3) is 6.40. The van der Waals surface area contributed by atoms with Crippen molar-refractivity contribution in [1.82, 2.24) is 4.90 Å². The number of halogens is 1. The van der Waals surface area contributed by atoms with Crippen molar-refractivity contribution < 1.29 is 19.1 Å². The normalized spacial score (nSPS) is 12.4. The largest absolute Gasteiger partial charge is 0.507 e. The van der Waals surface area contributed by atoms with Gasteiger partial charge < -0.3 is 15.7 Å². The van der Waals surface area contributed by atoms with Crippen LogP contribution < -0.4 is 5.73 Å². The molecule has 31 heavy (non-hydrogen) atoms. The topological polar surface area (TPSA) is 83.6 Å². The van der Waals surface area contributed by atoms with E-state index in [4.69, 9.17) is 5.73 Å². The summed E-state index contributed by atoms with van der Waals surface area (Å²) < 4.78 is 14.2. The van der Waals surface area contributed by atoms with Crippen LogP contribution in [-0.4, -0.2) is 28.4 Å². The zero-order chi connectivity index (χ0) is 22.2. The van der Waals surface area contributed by atoms with E-state index in [1.807, 2.05) is 36.4 Å². The number of para-hydroxylation sites is 1. The first-order valence-corrected chi connectivity index (χ1v) is 10.1. The van der Waals surface area contributed by atoms with Gasteiger partial charge in [0.25, 0.3) is 5.91 Å². The second-order valence-corrected chi connectivity index (χ2v) is 7.42. The van der Waals surface area contributed by atoms with E-state index in [9.17, 15) is 19.1 Å². The summed E-state index contributed by atoms with van der Waals surface area (Å²) in [6, 6.07) is 22.9. The lowest BCUT2D eigenvalue weighted by Gasteiger charge is -2.22. The van der Waals surface area contributed by atoms with Crippen LogP contribution in [0.3, 0.4) is 0 Å². The predicted molar refractivity (Wildman–Crippen MR) is 117 cm³/mol. The highest BCUT2D eigenvalue weighted by Gasteiger charge is 2.26. The molecule has 0 unspecified atom stereocenters. The molecule has 3 aromatic carbocycles. The number of amides is 2. The third-order valence-corrected chi connectivity index (χ3v) is 4.91. The van der Waals surface area contributed by atoms with Gasteiger partial charge in [-0.15, -0.1) is 0 Å². The van der Waals surface area contributed by atoms with Crippen molar-refractivity contribution in [3.8, 4) is 5.75 Å². The van der Waals surface area contributed by atoms with Crippen LogP contribution in [0.5, 0.6) is 5.75 Å². The number of phenolic OH excluding ortho intramolecular Hbond substituents is 1. The Bertz CT molecular complexity index is 1010. The minimum Gasteiger partial charge on any atom is -0.507 e. The summed E-state index contributed by atoms with van der Waals surface area (Å²) in [5, 5.41) is 9.87. The second-order valence-electron chi connectivity index (χ2n) is 7.42. The van der Waals surface area contributed by atoms with Gasteiger partial charge in [0.1, 0.15) is 11.6 Å². The molecule has 0 heterocycles. The van der Waals surface area contributed by atoms with Crippen molar-refractivity contribution in [2.45, 2.75) is 25.3 Å². The molecule has 0 aliphatic heterocycles. The molecule has 0 spiro atoms. The number of primary amides is 1. The molecule has 0 aromatic heterocycles. The average molecular weight is 420 g/mol. The quantitative estimate of drug-likeness (QED) is 0.626. The highest BCUT2D eigenvalue weighted by atomic mass is 19.1. The number of nitrogens with two attached hydrogens (primary N) is 1. The Kier molecular flexibility index (Phi) is 7.38. The predicted octanol–water partition coefficient (Wildman–Crippen LogP) is 4.22. The maximum Gasteiger partial charge on any atom is 0.258 e. The van der Waals surface area contributed by atoms with E-state index in [2.05, 4.69) is 0 Å². The van der Waals surface area contributed by atoms with Gasteiger partial charge in [-0.2, -0.15) is 0 Å². The standard InChI is InChI=1S/C19H19FN2O3.C6H6/c20-16-8-7-13(12-5-6-12)9-14(16)10-22(11-18(21)24)19(25)15-3-1-2-4-17(15)23;1-2-4-6-5-3-1/h1-4,7-9,12,23H,5-6,10-11H2,(H2,21,24);1-6H. The molecule has 0 bridgehead atoms. The smallest absolute Gasteiger partial charge is 0.258 e. The molecular weight excluding hydrogens is 395 g/mol.